The van der Waals surface area contributed by atoms with Crippen LogP contribution in [0.2, 0.25) is 0 Å². The van der Waals surface area contributed by atoms with E-state index >= 15 is 0 Å². The van der Waals surface area contributed by atoms with Gasteiger partial charge in [0.05, 0.1) is 12.5 Å². The zero-order chi connectivity index (χ0) is 26.7. The number of hydrogen-bond acceptors (Lipinski definition) is 4. The van der Waals surface area contributed by atoms with E-state index in [-0.39, 0.29) is 5.91 Å². The number of nitrogens with zero attached hydrogens (tertiary/aromatic N) is 1. The number of ether oxygens (including phenoxy) is 1. The summed E-state index contributed by atoms with van der Waals surface area (Å²) in [5, 5.41) is 5.10. The molecule has 2 aromatic rings. The first-order valence-corrected chi connectivity index (χ1v) is 15.9. The number of thioether (sulfide) groups is 1. The molecule has 1 heterocycles. The summed E-state index contributed by atoms with van der Waals surface area (Å²) in [5.74, 6) is 1.72. The Bertz CT molecular complexity index is 927. The minimum Gasteiger partial charge on any atom is -0.494 e. The Hall–Kier alpha value is -2.40. The van der Waals surface area contributed by atoms with E-state index in [0.29, 0.717) is 5.56 Å². The Kier molecular flexibility index (Phi) is 14.9. The Morgan fingerprint density at radius 2 is 1.37 bits per heavy atom. The van der Waals surface area contributed by atoms with Crippen molar-refractivity contribution in [1.82, 2.24) is 4.90 Å². The van der Waals surface area contributed by atoms with Gasteiger partial charge in [-0.05, 0) is 53.8 Å². The number of amides is 1. The van der Waals surface area contributed by atoms with E-state index in [0.717, 1.165) is 36.9 Å². The van der Waals surface area contributed by atoms with E-state index in [4.69, 9.17) is 4.74 Å². The van der Waals surface area contributed by atoms with Crippen molar-refractivity contribution in [3.8, 4) is 5.75 Å². The molecule has 1 aliphatic rings. The molecule has 0 bridgehead atoms. The Labute approximate surface area is 235 Å². The lowest BCUT2D eigenvalue weighted by Crippen LogP contribution is -2.13. The summed E-state index contributed by atoms with van der Waals surface area (Å²) in [6.45, 7) is 3.91. The van der Waals surface area contributed by atoms with Crippen molar-refractivity contribution in [2.24, 2.45) is 0 Å². The number of unbranched alkanes of at least 4 members (excludes halogenated alkanes) is 13. The maximum Gasteiger partial charge on any atom is 0.255 e. The Morgan fingerprint density at radius 3 is 1.92 bits per heavy atom. The van der Waals surface area contributed by atoms with Gasteiger partial charge in [0.2, 0.25) is 0 Å². The number of rotatable bonds is 20. The van der Waals surface area contributed by atoms with Crippen LogP contribution in [0.25, 0.3) is 0 Å². The van der Waals surface area contributed by atoms with Crippen molar-refractivity contribution in [1.29, 1.82) is 0 Å². The van der Waals surface area contributed by atoms with Crippen LogP contribution in [0.15, 0.2) is 60.1 Å². The molecule has 2 aromatic carbocycles. The molecule has 0 saturated heterocycles. The highest BCUT2D eigenvalue weighted by atomic mass is 32.2. The lowest BCUT2D eigenvalue weighted by atomic mass is 10.0. The van der Waals surface area contributed by atoms with Gasteiger partial charge in [0.1, 0.15) is 5.75 Å². The fourth-order valence-corrected chi connectivity index (χ4v) is 5.44. The quantitative estimate of drug-likeness (QED) is 0.171. The third-order valence-corrected chi connectivity index (χ3v) is 7.88. The first-order chi connectivity index (χ1) is 18.7. The highest BCUT2D eigenvalue weighted by Crippen LogP contribution is 2.20. The lowest BCUT2D eigenvalue weighted by Gasteiger charge is -2.14. The molecule has 0 radical (unpaired) electrons. The second-order valence-corrected chi connectivity index (χ2v) is 11.3. The van der Waals surface area contributed by atoms with Crippen molar-refractivity contribution in [2.75, 3.05) is 17.8 Å². The summed E-state index contributed by atoms with van der Waals surface area (Å²) in [7, 11) is 0. The molecule has 0 aliphatic carbocycles. The van der Waals surface area contributed by atoms with Gasteiger partial charge in [-0.2, -0.15) is 0 Å². The number of carbonyl (C=O) groups is 1. The molecular weight excluding hydrogens is 488 g/mol. The van der Waals surface area contributed by atoms with E-state index in [9.17, 15) is 4.79 Å². The van der Waals surface area contributed by atoms with Crippen LogP contribution in [0.1, 0.15) is 113 Å². The van der Waals surface area contributed by atoms with Gasteiger partial charge in [-0.25, -0.2) is 0 Å². The van der Waals surface area contributed by atoms with Crippen molar-refractivity contribution >= 4 is 23.4 Å². The summed E-state index contributed by atoms with van der Waals surface area (Å²) in [6, 6.07) is 15.5. The molecule has 0 fully saturated rings. The van der Waals surface area contributed by atoms with Gasteiger partial charge in [-0.15, -0.1) is 11.8 Å². The molecule has 208 valence electrons. The maximum atomic E-state index is 12.6. The van der Waals surface area contributed by atoms with Crippen molar-refractivity contribution in [3.63, 3.8) is 0 Å². The molecule has 5 heteroatoms. The van der Waals surface area contributed by atoms with Crippen molar-refractivity contribution in [3.05, 3.63) is 71.3 Å². The predicted octanol–water partition coefficient (Wildman–Crippen LogP) is 9.78. The van der Waals surface area contributed by atoms with E-state index in [2.05, 4.69) is 40.9 Å². The van der Waals surface area contributed by atoms with E-state index in [1.807, 2.05) is 36.4 Å². The van der Waals surface area contributed by atoms with Crippen LogP contribution in [0.5, 0.6) is 5.75 Å². The molecule has 0 atom stereocenters. The second-order valence-electron chi connectivity index (χ2n) is 10.4. The van der Waals surface area contributed by atoms with Crippen LogP contribution < -0.4 is 10.1 Å². The Morgan fingerprint density at radius 1 is 0.789 bits per heavy atom. The van der Waals surface area contributed by atoms with Crippen LogP contribution in [0.3, 0.4) is 0 Å². The van der Waals surface area contributed by atoms with Crippen LogP contribution in [0, 0.1) is 0 Å². The van der Waals surface area contributed by atoms with Crippen LogP contribution in [-0.4, -0.2) is 23.3 Å². The molecule has 0 saturated carbocycles. The number of hydrogen-bond donors (Lipinski definition) is 1. The molecule has 3 rings (SSSR count). The largest absolute Gasteiger partial charge is 0.494 e. The summed E-state index contributed by atoms with van der Waals surface area (Å²) in [5.41, 5.74) is 2.68. The number of anilines is 1. The molecule has 38 heavy (non-hydrogen) atoms. The molecule has 1 aliphatic heterocycles. The summed E-state index contributed by atoms with van der Waals surface area (Å²) < 4.78 is 5.89. The topological polar surface area (TPSA) is 41.6 Å². The number of benzene rings is 2. The van der Waals surface area contributed by atoms with Gasteiger partial charge >= 0.3 is 0 Å². The van der Waals surface area contributed by atoms with Gasteiger partial charge in [-0.3, -0.25) is 4.79 Å². The van der Waals surface area contributed by atoms with E-state index < -0.39 is 0 Å². The first-order valence-electron chi connectivity index (χ1n) is 14.9. The second kappa shape index (κ2) is 18.8. The molecule has 4 nitrogen and oxygen atoms in total. The molecule has 0 spiro atoms. The fraction of sp³-hybridized carbons (Fsp3) is 0.545. The molecule has 0 unspecified atom stereocenters. The lowest BCUT2D eigenvalue weighted by molar-refractivity contribution is 0.102. The summed E-state index contributed by atoms with van der Waals surface area (Å²) in [6.07, 6.45) is 21.1. The van der Waals surface area contributed by atoms with Gasteiger partial charge in [0, 0.05) is 24.0 Å². The average Bonchev–Trinajstić information content (AvgIpc) is 3.45. The fourth-order valence-electron chi connectivity index (χ4n) is 4.73. The van der Waals surface area contributed by atoms with Crippen LogP contribution >= 0.6 is 11.8 Å². The average molecular weight is 537 g/mol. The SMILES string of the molecule is CCCCCCCCCCCCCCCCOc1ccc(C(=O)Nc2ccc(CN3C=CSC3)cc2)cc1. The minimum absolute atomic E-state index is 0.102. The van der Waals surface area contributed by atoms with Crippen LogP contribution in [-0.2, 0) is 6.54 Å². The third-order valence-electron chi connectivity index (χ3n) is 7.09. The zero-order valence-corrected chi connectivity index (χ0v) is 24.3. The summed E-state index contributed by atoms with van der Waals surface area (Å²) in [4.78, 5) is 14.9. The smallest absolute Gasteiger partial charge is 0.255 e. The van der Waals surface area contributed by atoms with Gasteiger partial charge in [0.15, 0.2) is 0 Å². The highest BCUT2D eigenvalue weighted by Gasteiger charge is 2.08. The molecule has 1 amide bonds. The molecule has 1 N–H and O–H groups in total. The van der Waals surface area contributed by atoms with Gasteiger partial charge in [-0.1, -0.05) is 103 Å². The maximum absolute atomic E-state index is 12.6. The zero-order valence-electron chi connectivity index (χ0n) is 23.5. The minimum atomic E-state index is -0.102. The molecular formula is C33H48N2O2S. The monoisotopic (exact) mass is 536 g/mol. The first kappa shape index (κ1) is 30.1. The van der Waals surface area contributed by atoms with Gasteiger partial charge < -0.3 is 15.0 Å². The third kappa shape index (κ3) is 12.4. The van der Waals surface area contributed by atoms with E-state index in [1.165, 1.54) is 89.0 Å². The van der Waals surface area contributed by atoms with Gasteiger partial charge in [0.25, 0.3) is 5.91 Å². The summed E-state index contributed by atoms with van der Waals surface area (Å²) >= 11 is 1.80. The Balaban J connectivity index is 1.19. The normalized spacial score (nSPS) is 12.7. The molecule has 0 aromatic heterocycles. The predicted molar refractivity (Wildman–Crippen MR) is 164 cm³/mol. The van der Waals surface area contributed by atoms with Crippen molar-refractivity contribution in [2.45, 2.75) is 103 Å². The highest BCUT2D eigenvalue weighted by molar-refractivity contribution is 8.02. The number of nitrogens with one attached hydrogen (secondary N) is 1. The van der Waals surface area contributed by atoms with Crippen molar-refractivity contribution < 1.29 is 9.53 Å². The van der Waals surface area contributed by atoms with Crippen LogP contribution in [0.4, 0.5) is 5.69 Å². The number of carbonyl (C=O) groups excluding carboxylic acids is 1. The standard InChI is InChI=1S/C33H48N2O2S/c1-2-3-4-5-6-7-8-9-10-11-12-13-14-15-25-37-32-22-18-30(19-23-32)33(36)34-31-20-16-29(17-21-31)27-35-24-26-38-28-35/h16-24,26H,2-15,25,27-28H2,1H3,(H,34,36). The van der Waals surface area contributed by atoms with E-state index in [1.54, 1.807) is 11.8 Å².